The smallest absolute Gasteiger partial charge is 0.432 e. The third kappa shape index (κ3) is 4.81. The molecule has 0 rings (SSSR count). The molecule has 0 bridgehead atoms. The zero-order valence-corrected chi connectivity index (χ0v) is 14.7. The molecule has 0 aromatic rings. The summed E-state index contributed by atoms with van der Waals surface area (Å²) in [5, 5.41) is 28.0. The number of aliphatic carboxylic acids is 2. The highest BCUT2D eigenvalue weighted by Gasteiger charge is 2.64. The van der Waals surface area contributed by atoms with Gasteiger partial charge >= 0.3 is 23.7 Å². The van der Waals surface area contributed by atoms with Gasteiger partial charge in [-0.3, -0.25) is 9.63 Å². The number of aliphatic hydroxyl groups excluding tert-OH is 1. The van der Waals surface area contributed by atoms with Gasteiger partial charge in [-0.15, -0.1) is 0 Å². The van der Waals surface area contributed by atoms with Crippen LogP contribution in [0.15, 0.2) is 0 Å². The Morgan fingerprint density at radius 3 is 1.76 bits per heavy atom. The number of carboxylic acid groups (broad SMARTS) is 2. The van der Waals surface area contributed by atoms with E-state index in [-0.39, 0.29) is 0 Å². The van der Waals surface area contributed by atoms with Crippen molar-refractivity contribution in [3.63, 3.8) is 0 Å². The lowest BCUT2D eigenvalue weighted by atomic mass is 9.68. The van der Waals surface area contributed by atoms with Gasteiger partial charge in [0.15, 0.2) is 0 Å². The van der Waals surface area contributed by atoms with E-state index in [9.17, 15) is 27.9 Å². The fourth-order valence-electron chi connectivity index (χ4n) is 1.85. The normalized spacial score (nSPS) is 17.8. The van der Waals surface area contributed by atoms with Gasteiger partial charge in [-0.2, -0.15) is 18.2 Å². The summed E-state index contributed by atoms with van der Waals surface area (Å²) in [5.74, 6) is -3.78. The summed E-state index contributed by atoms with van der Waals surface area (Å²) in [6.07, 6.45) is -5.46. The number of hydroxylamine groups is 2. The van der Waals surface area contributed by atoms with Crippen LogP contribution in [0, 0.1) is 10.8 Å². The minimum absolute atomic E-state index is 0.442. The summed E-state index contributed by atoms with van der Waals surface area (Å²) in [4.78, 5) is 27.4. The molecule has 0 heterocycles. The van der Waals surface area contributed by atoms with E-state index in [1.807, 2.05) is 0 Å². The molecular formula is C14H24F3NO7. The number of aliphatic hydroxyl groups is 1. The lowest BCUT2D eigenvalue weighted by molar-refractivity contribution is -0.365. The van der Waals surface area contributed by atoms with Gasteiger partial charge < -0.3 is 20.1 Å². The molecule has 0 spiro atoms. The van der Waals surface area contributed by atoms with Crippen molar-refractivity contribution < 1.29 is 47.7 Å². The highest BCUT2D eigenvalue weighted by molar-refractivity contribution is 5.79. The van der Waals surface area contributed by atoms with Gasteiger partial charge in [-0.25, -0.2) is 4.79 Å². The van der Waals surface area contributed by atoms with E-state index >= 15 is 0 Å². The third-order valence-electron chi connectivity index (χ3n) is 4.20. The van der Waals surface area contributed by atoms with Gasteiger partial charge in [0, 0.05) is 13.7 Å². The molecule has 0 fully saturated rings. The van der Waals surface area contributed by atoms with Crippen molar-refractivity contribution in [1.82, 2.24) is 5.06 Å². The first-order valence-corrected chi connectivity index (χ1v) is 7.16. The molecule has 11 heteroatoms. The van der Waals surface area contributed by atoms with Crippen molar-refractivity contribution in [1.29, 1.82) is 0 Å². The number of methoxy groups -OCH3 is 1. The number of halogens is 3. The first-order chi connectivity index (χ1) is 11.1. The van der Waals surface area contributed by atoms with Crippen molar-refractivity contribution in [3.05, 3.63) is 0 Å². The number of ether oxygens (including phenoxy) is 1. The number of carboxylic acids is 2. The molecule has 0 aromatic carbocycles. The van der Waals surface area contributed by atoms with Crippen LogP contribution >= 0.6 is 0 Å². The van der Waals surface area contributed by atoms with Crippen LogP contribution in [0.5, 0.6) is 0 Å². The Labute approximate surface area is 143 Å². The third-order valence-corrected chi connectivity index (χ3v) is 4.20. The number of rotatable bonds is 9. The van der Waals surface area contributed by atoms with E-state index in [2.05, 4.69) is 4.84 Å². The molecule has 0 radical (unpaired) electrons. The van der Waals surface area contributed by atoms with Crippen LogP contribution < -0.4 is 0 Å². The summed E-state index contributed by atoms with van der Waals surface area (Å²) in [7, 11) is 1.11. The highest BCUT2D eigenvalue weighted by atomic mass is 19.4. The zero-order chi connectivity index (χ0) is 20.3. The first-order valence-electron chi connectivity index (χ1n) is 7.16. The fourth-order valence-corrected chi connectivity index (χ4v) is 1.85. The maximum atomic E-state index is 13.2. The molecule has 0 aliphatic carbocycles. The monoisotopic (exact) mass is 375 g/mol. The fraction of sp³-hybridized carbons (Fsp3) is 0.857. The first kappa shape index (κ1) is 23.6. The van der Waals surface area contributed by atoms with Gasteiger partial charge in [0.05, 0.1) is 12.0 Å². The molecule has 0 aliphatic heterocycles. The van der Waals surface area contributed by atoms with Crippen LogP contribution in [-0.2, 0) is 19.2 Å². The van der Waals surface area contributed by atoms with Gasteiger partial charge in [0.2, 0.25) is 0 Å². The SMILES string of the molecule is COCN(CC(C)(C(=O)O)C(C)(C)C)OC(CO)(C(=O)O)C(F)(F)F. The number of nitrogens with zero attached hydrogens (tertiary/aromatic N) is 1. The van der Waals surface area contributed by atoms with Crippen molar-refractivity contribution in [3.8, 4) is 0 Å². The second kappa shape index (κ2) is 7.85. The second-order valence-corrected chi connectivity index (χ2v) is 6.82. The molecule has 2 atom stereocenters. The Morgan fingerprint density at radius 2 is 1.52 bits per heavy atom. The predicted octanol–water partition coefficient (Wildman–Crippen LogP) is 1.34. The number of carbonyl (C=O) groups is 2. The summed E-state index contributed by atoms with van der Waals surface area (Å²) in [5.41, 5.74) is -6.48. The maximum absolute atomic E-state index is 13.2. The summed E-state index contributed by atoms with van der Waals surface area (Å²) in [6, 6.07) is 0. The summed E-state index contributed by atoms with van der Waals surface area (Å²) in [6.45, 7) is 2.81. The Balaban J connectivity index is 5.91. The van der Waals surface area contributed by atoms with Crippen LogP contribution in [0.2, 0.25) is 0 Å². The molecule has 0 saturated carbocycles. The highest BCUT2D eigenvalue weighted by Crippen LogP contribution is 2.41. The number of alkyl halides is 3. The molecule has 2 unspecified atom stereocenters. The number of hydrogen-bond acceptors (Lipinski definition) is 6. The average Bonchev–Trinajstić information content (AvgIpc) is 2.41. The van der Waals surface area contributed by atoms with Crippen molar-refractivity contribution in [2.75, 3.05) is 27.0 Å². The summed E-state index contributed by atoms with van der Waals surface area (Å²) >= 11 is 0. The Bertz CT molecular complexity index is 492. The van der Waals surface area contributed by atoms with E-state index in [1.165, 1.54) is 6.92 Å². The van der Waals surface area contributed by atoms with Crippen molar-refractivity contribution in [2.24, 2.45) is 10.8 Å². The van der Waals surface area contributed by atoms with Crippen LogP contribution in [0.4, 0.5) is 13.2 Å². The molecular weight excluding hydrogens is 351 g/mol. The molecule has 8 nitrogen and oxygen atoms in total. The minimum Gasteiger partial charge on any atom is -0.481 e. The largest absolute Gasteiger partial charge is 0.481 e. The lowest BCUT2D eigenvalue weighted by Crippen LogP contribution is -2.61. The van der Waals surface area contributed by atoms with Crippen molar-refractivity contribution >= 4 is 11.9 Å². The van der Waals surface area contributed by atoms with E-state index in [4.69, 9.17) is 14.9 Å². The van der Waals surface area contributed by atoms with Crippen LogP contribution in [0.1, 0.15) is 27.7 Å². The van der Waals surface area contributed by atoms with E-state index in [0.717, 1.165) is 7.11 Å². The molecule has 0 saturated heterocycles. The van der Waals surface area contributed by atoms with Crippen LogP contribution in [0.3, 0.4) is 0 Å². The maximum Gasteiger partial charge on any atom is 0.432 e. The van der Waals surface area contributed by atoms with Gasteiger partial charge in [0.1, 0.15) is 6.73 Å². The van der Waals surface area contributed by atoms with E-state index < -0.39 is 54.4 Å². The quantitative estimate of drug-likeness (QED) is 0.408. The Hall–Kier alpha value is -1.43. The lowest BCUT2D eigenvalue weighted by Gasteiger charge is -2.42. The number of hydrogen-bond donors (Lipinski definition) is 3. The second-order valence-electron chi connectivity index (χ2n) is 6.82. The molecule has 25 heavy (non-hydrogen) atoms. The van der Waals surface area contributed by atoms with Crippen LogP contribution in [-0.4, -0.2) is 71.1 Å². The van der Waals surface area contributed by atoms with E-state index in [1.54, 1.807) is 20.8 Å². The molecule has 0 aromatic heterocycles. The zero-order valence-electron chi connectivity index (χ0n) is 14.7. The van der Waals surface area contributed by atoms with Gasteiger partial charge in [0.25, 0.3) is 0 Å². The minimum atomic E-state index is -5.46. The van der Waals surface area contributed by atoms with Crippen molar-refractivity contribution in [2.45, 2.75) is 39.5 Å². The topological polar surface area (TPSA) is 117 Å². The van der Waals surface area contributed by atoms with E-state index in [0.29, 0.717) is 5.06 Å². The Morgan fingerprint density at radius 1 is 1.04 bits per heavy atom. The van der Waals surface area contributed by atoms with Crippen LogP contribution in [0.25, 0.3) is 0 Å². The molecule has 148 valence electrons. The average molecular weight is 375 g/mol. The molecule has 0 amide bonds. The standard InChI is InChI=1S/C14H24F3NO7/c1-11(2,3)12(4,9(20)21)6-18(8-24-5)25-13(7-19,10(22)23)14(15,16)17/h19H,6-8H2,1-5H3,(H,20,21)(H,22,23). The summed E-state index contributed by atoms with van der Waals surface area (Å²) < 4.78 is 44.3. The predicted molar refractivity (Wildman–Crippen MR) is 78.4 cm³/mol. The molecule has 0 aliphatic rings. The molecule has 3 N–H and O–H groups in total. The Kier molecular flexibility index (Phi) is 7.40. The van der Waals surface area contributed by atoms with Gasteiger partial charge in [-0.05, 0) is 12.3 Å². The van der Waals surface area contributed by atoms with Gasteiger partial charge in [-0.1, -0.05) is 20.8 Å².